The quantitative estimate of drug-likeness (QED) is 0.794. The Hall–Kier alpha value is -2.08. The normalized spacial score (nSPS) is 13.8. The van der Waals surface area contributed by atoms with E-state index in [4.69, 9.17) is 4.74 Å². The maximum Gasteiger partial charge on any atom is 0.264 e. The minimum atomic E-state index is -0.0798. The number of carbonyl (C=O) groups excluding carboxylic acids is 2. The van der Waals surface area contributed by atoms with Gasteiger partial charge in [-0.1, -0.05) is 6.07 Å². The minimum Gasteiger partial charge on any atom is -0.482 e. The summed E-state index contributed by atoms with van der Waals surface area (Å²) in [6.07, 6.45) is 0. The molecule has 0 saturated heterocycles. The molecule has 6 heteroatoms. The summed E-state index contributed by atoms with van der Waals surface area (Å²) in [5, 5.41) is 5.57. The van der Waals surface area contributed by atoms with E-state index < -0.39 is 0 Å². The summed E-state index contributed by atoms with van der Waals surface area (Å²) in [6, 6.07) is 5.55. The van der Waals surface area contributed by atoms with Gasteiger partial charge in [0, 0.05) is 13.6 Å². The molecule has 0 bridgehead atoms. The lowest BCUT2D eigenvalue weighted by atomic mass is 10.1. The van der Waals surface area contributed by atoms with Crippen LogP contribution in [-0.2, 0) is 16.1 Å². The molecule has 0 unspecified atom stereocenters. The first kappa shape index (κ1) is 13.4. The van der Waals surface area contributed by atoms with Gasteiger partial charge in [-0.05, 0) is 24.7 Å². The third-order valence-corrected chi connectivity index (χ3v) is 2.94. The van der Waals surface area contributed by atoms with Gasteiger partial charge in [-0.2, -0.15) is 0 Å². The Labute approximate surface area is 111 Å². The summed E-state index contributed by atoms with van der Waals surface area (Å²) >= 11 is 0. The zero-order valence-corrected chi connectivity index (χ0v) is 11.0. The van der Waals surface area contributed by atoms with E-state index in [0.29, 0.717) is 12.3 Å². The van der Waals surface area contributed by atoms with Crippen molar-refractivity contribution in [2.24, 2.45) is 0 Å². The summed E-state index contributed by atoms with van der Waals surface area (Å²) in [6.45, 7) is 0.782. The molecule has 1 aromatic rings. The Kier molecular flexibility index (Phi) is 4.01. The number of anilines is 1. The van der Waals surface area contributed by atoms with Crippen molar-refractivity contribution in [1.29, 1.82) is 0 Å². The lowest BCUT2D eigenvalue weighted by Gasteiger charge is -2.26. The largest absolute Gasteiger partial charge is 0.482 e. The fourth-order valence-electron chi connectivity index (χ4n) is 1.85. The van der Waals surface area contributed by atoms with Gasteiger partial charge in [0.1, 0.15) is 5.75 Å². The first-order valence-electron chi connectivity index (χ1n) is 6.05. The topological polar surface area (TPSA) is 70.7 Å². The molecule has 102 valence electrons. The van der Waals surface area contributed by atoms with Crippen LogP contribution >= 0.6 is 0 Å². The molecule has 2 amide bonds. The van der Waals surface area contributed by atoms with E-state index >= 15 is 0 Å². The fourth-order valence-corrected chi connectivity index (χ4v) is 1.85. The van der Waals surface area contributed by atoms with Crippen LogP contribution in [0.2, 0.25) is 0 Å². The maximum absolute atomic E-state index is 11.5. The highest BCUT2D eigenvalue weighted by molar-refractivity contribution is 5.97. The molecule has 1 aliphatic heterocycles. The van der Waals surface area contributed by atoms with Crippen LogP contribution < -0.4 is 20.3 Å². The molecular weight excluding hydrogens is 246 g/mol. The second kappa shape index (κ2) is 5.71. The van der Waals surface area contributed by atoms with Crippen molar-refractivity contribution in [2.75, 3.05) is 32.1 Å². The van der Waals surface area contributed by atoms with Crippen LogP contribution in [0.5, 0.6) is 5.75 Å². The van der Waals surface area contributed by atoms with Crippen molar-refractivity contribution < 1.29 is 14.3 Å². The molecule has 19 heavy (non-hydrogen) atoms. The average molecular weight is 263 g/mol. The van der Waals surface area contributed by atoms with Crippen molar-refractivity contribution >= 4 is 17.5 Å². The van der Waals surface area contributed by atoms with Gasteiger partial charge >= 0.3 is 0 Å². The molecule has 2 N–H and O–H groups in total. The van der Waals surface area contributed by atoms with E-state index in [9.17, 15) is 9.59 Å². The molecule has 0 atom stereocenters. The van der Waals surface area contributed by atoms with Gasteiger partial charge < -0.3 is 20.3 Å². The van der Waals surface area contributed by atoms with Crippen LogP contribution in [0.1, 0.15) is 5.56 Å². The smallest absolute Gasteiger partial charge is 0.264 e. The number of ether oxygens (including phenoxy) is 1. The summed E-state index contributed by atoms with van der Waals surface area (Å²) in [5.74, 6) is 0.539. The predicted octanol–water partition coefficient (Wildman–Crippen LogP) is -0.123. The Morgan fingerprint density at radius 1 is 1.47 bits per heavy atom. The predicted molar refractivity (Wildman–Crippen MR) is 71.1 cm³/mol. The molecule has 0 radical (unpaired) electrons. The van der Waals surface area contributed by atoms with E-state index in [-0.39, 0.29) is 25.0 Å². The number of carbonyl (C=O) groups is 2. The van der Waals surface area contributed by atoms with Crippen molar-refractivity contribution in [2.45, 2.75) is 6.54 Å². The van der Waals surface area contributed by atoms with Crippen molar-refractivity contribution in [1.82, 2.24) is 10.6 Å². The molecular formula is C13H17N3O3. The molecule has 2 rings (SSSR count). The van der Waals surface area contributed by atoms with Gasteiger partial charge in [0.2, 0.25) is 5.91 Å². The summed E-state index contributed by atoms with van der Waals surface area (Å²) in [4.78, 5) is 24.5. The Bertz CT molecular complexity index is 502. The second-order valence-electron chi connectivity index (χ2n) is 4.35. The van der Waals surface area contributed by atoms with Gasteiger partial charge in [-0.25, -0.2) is 0 Å². The Balaban J connectivity index is 2.08. The number of hydrogen-bond acceptors (Lipinski definition) is 4. The molecule has 0 spiro atoms. The van der Waals surface area contributed by atoms with E-state index in [1.807, 2.05) is 18.2 Å². The molecule has 1 aromatic carbocycles. The number of benzene rings is 1. The molecule has 0 saturated carbocycles. The van der Waals surface area contributed by atoms with Gasteiger partial charge in [0.05, 0.1) is 12.2 Å². The standard InChI is InChI=1S/C13H17N3O3/c1-14-7-12(17)15-6-9-3-4-11-10(5-9)16(2)13(18)8-19-11/h3-5,14H,6-8H2,1-2H3,(H,15,17). The van der Waals surface area contributed by atoms with Gasteiger partial charge in [-0.15, -0.1) is 0 Å². The van der Waals surface area contributed by atoms with Crippen LogP contribution in [0, 0.1) is 0 Å². The molecule has 1 aliphatic rings. The van der Waals surface area contributed by atoms with Gasteiger partial charge in [0.25, 0.3) is 5.91 Å². The monoisotopic (exact) mass is 263 g/mol. The third kappa shape index (κ3) is 3.03. The number of nitrogens with zero attached hydrogens (tertiary/aromatic N) is 1. The maximum atomic E-state index is 11.5. The van der Waals surface area contributed by atoms with Crippen molar-refractivity contribution in [3.05, 3.63) is 23.8 Å². The van der Waals surface area contributed by atoms with E-state index in [0.717, 1.165) is 11.3 Å². The molecule has 0 aliphatic carbocycles. The zero-order valence-electron chi connectivity index (χ0n) is 11.0. The zero-order chi connectivity index (χ0) is 13.8. The van der Waals surface area contributed by atoms with Crippen LogP contribution in [0.4, 0.5) is 5.69 Å². The van der Waals surface area contributed by atoms with Crippen molar-refractivity contribution in [3.63, 3.8) is 0 Å². The van der Waals surface area contributed by atoms with Gasteiger partial charge in [0.15, 0.2) is 6.61 Å². The first-order chi connectivity index (χ1) is 9.11. The Morgan fingerprint density at radius 3 is 3.00 bits per heavy atom. The molecule has 1 heterocycles. The van der Waals surface area contributed by atoms with Crippen LogP contribution in [0.15, 0.2) is 18.2 Å². The first-order valence-corrected chi connectivity index (χ1v) is 6.05. The number of hydrogen-bond donors (Lipinski definition) is 2. The number of likely N-dealkylation sites (N-methyl/N-ethyl adjacent to an activating group) is 2. The van der Waals surface area contributed by atoms with Gasteiger partial charge in [-0.3, -0.25) is 9.59 Å². The van der Waals surface area contributed by atoms with Crippen LogP contribution in [0.25, 0.3) is 0 Å². The summed E-state index contributed by atoms with van der Waals surface area (Å²) in [7, 11) is 3.43. The highest BCUT2D eigenvalue weighted by Gasteiger charge is 2.22. The third-order valence-electron chi connectivity index (χ3n) is 2.94. The summed E-state index contributed by atoms with van der Waals surface area (Å²) in [5.41, 5.74) is 1.66. The van der Waals surface area contributed by atoms with E-state index in [2.05, 4.69) is 10.6 Å². The lowest BCUT2D eigenvalue weighted by Crippen LogP contribution is -2.35. The second-order valence-corrected chi connectivity index (χ2v) is 4.35. The summed E-state index contributed by atoms with van der Waals surface area (Å²) < 4.78 is 5.34. The van der Waals surface area contributed by atoms with Crippen LogP contribution in [0.3, 0.4) is 0 Å². The van der Waals surface area contributed by atoms with Crippen LogP contribution in [-0.4, -0.2) is 39.1 Å². The minimum absolute atomic E-state index is 0.0686. The van der Waals surface area contributed by atoms with E-state index in [1.165, 1.54) is 0 Å². The molecule has 6 nitrogen and oxygen atoms in total. The SMILES string of the molecule is CNCC(=O)NCc1ccc2c(c1)N(C)C(=O)CO2. The molecule has 0 fully saturated rings. The van der Waals surface area contributed by atoms with E-state index in [1.54, 1.807) is 19.0 Å². The highest BCUT2D eigenvalue weighted by Crippen LogP contribution is 2.31. The number of fused-ring (bicyclic) bond motifs is 1. The number of nitrogens with one attached hydrogen (secondary N) is 2. The lowest BCUT2D eigenvalue weighted by molar-refractivity contribution is -0.121. The average Bonchev–Trinajstić information content (AvgIpc) is 2.41. The number of amides is 2. The Morgan fingerprint density at radius 2 is 2.26 bits per heavy atom. The fraction of sp³-hybridized carbons (Fsp3) is 0.385. The van der Waals surface area contributed by atoms with Crippen molar-refractivity contribution in [3.8, 4) is 5.75 Å². The highest BCUT2D eigenvalue weighted by atomic mass is 16.5. The number of rotatable bonds is 4. The molecule has 0 aromatic heterocycles.